The van der Waals surface area contributed by atoms with Crippen molar-refractivity contribution in [3.63, 3.8) is 0 Å². The van der Waals surface area contributed by atoms with Gasteiger partial charge >= 0.3 is 0 Å². The van der Waals surface area contributed by atoms with E-state index in [1.807, 2.05) is 6.07 Å². The van der Waals surface area contributed by atoms with E-state index >= 15 is 0 Å². The Morgan fingerprint density at radius 1 is 1.13 bits per heavy atom. The van der Waals surface area contributed by atoms with Crippen LogP contribution in [0, 0.1) is 13.8 Å². The molecule has 1 aliphatic heterocycles. The number of hydrogen-bond acceptors (Lipinski definition) is 3. The summed E-state index contributed by atoms with van der Waals surface area (Å²) in [5, 5.41) is 0. The highest BCUT2D eigenvalue weighted by atomic mass is 32.1. The third kappa shape index (κ3) is 2.51. The van der Waals surface area contributed by atoms with Crippen molar-refractivity contribution in [3.8, 4) is 17.1 Å². The van der Waals surface area contributed by atoms with Gasteiger partial charge in [-0.25, -0.2) is 4.98 Å². The maximum absolute atomic E-state index is 6.00. The number of thiol groups is 1. The molecule has 3 aromatic rings. The summed E-state index contributed by atoms with van der Waals surface area (Å²) in [6.45, 7) is 5.94. The molecule has 3 nitrogen and oxygen atoms in total. The van der Waals surface area contributed by atoms with E-state index in [2.05, 4.69) is 55.3 Å². The molecule has 0 saturated carbocycles. The maximum Gasteiger partial charge on any atom is 0.145 e. The number of hydrogen-bond donors (Lipinski definition) is 1. The Morgan fingerprint density at radius 2 is 2.00 bits per heavy atom. The van der Waals surface area contributed by atoms with Crippen molar-refractivity contribution < 1.29 is 4.74 Å². The fourth-order valence-corrected chi connectivity index (χ4v) is 3.40. The van der Waals surface area contributed by atoms with Gasteiger partial charge < -0.3 is 9.30 Å². The summed E-state index contributed by atoms with van der Waals surface area (Å²) in [5.74, 6) is 1.98. The second-order valence-corrected chi connectivity index (χ2v) is 6.76. The van der Waals surface area contributed by atoms with E-state index in [-0.39, 0.29) is 0 Å². The monoisotopic (exact) mass is 324 g/mol. The zero-order valence-corrected chi connectivity index (χ0v) is 14.4. The highest BCUT2D eigenvalue weighted by Gasteiger charge is 2.19. The molecule has 0 bridgehead atoms. The maximum atomic E-state index is 6.00. The SMILES string of the molecule is Cc1cc2c3c(c1)nc(-c1ccc(S)c(C)c1)n3CCCCO2. The van der Waals surface area contributed by atoms with Crippen LogP contribution in [0.3, 0.4) is 0 Å². The molecule has 0 radical (unpaired) electrons. The average molecular weight is 324 g/mol. The van der Waals surface area contributed by atoms with Gasteiger partial charge in [-0.3, -0.25) is 0 Å². The van der Waals surface area contributed by atoms with Gasteiger partial charge in [0.05, 0.1) is 12.1 Å². The van der Waals surface area contributed by atoms with E-state index < -0.39 is 0 Å². The number of benzene rings is 2. The van der Waals surface area contributed by atoms with Crippen molar-refractivity contribution >= 4 is 23.7 Å². The van der Waals surface area contributed by atoms with Crippen molar-refractivity contribution in [2.24, 2.45) is 0 Å². The van der Waals surface area contributed by atoms with Crippen molar-refractivity contribution in [1.82, 2.24) is 9.55 Å². The number of aryl methyl sites for hydroxylation is 3. The standard InChI is InChI=1S/C19H20N2OS/c1-12-9-15-18-16(10-12)22-8-4-3-7-21(18)19(20-15)14-5-6-17(23)13(2)11-14/h5-6,9-11,23H,3-4,7-8H2,1-2H3. The molecule has 23 heavy (non-hydrogen) atoms. The molecule has 2 heterocycles. The normalized spacial score (nSPS) is 14.4. The second kappa shape index (κ2) is 5.60. The van der Waals surface area contributed by atoms with Crippen LogP contribution in [-0.2, 0) is 6.54 Å². The smallest absolute Gasteiger partial charge is 0.145 e. The third-order valence-corrected chi connectivity index (χ3v) is 4.94. The van der Waals surface area contributed by atoms with Crippen molar-refractivity contribution in [1.29, 1.82) is 0 Å². The van der Waals surface area contributed by atoms with Crippen LogP contribution >= 0.6 is 12.6 Å². The molecular formula is C19H20N2OS. The summed E-state index contributed by atoms with van der Waals surface area (Å²) in [6.07, 6.45) is 2.18. The van der Waals surface area contributed by atoms with Crippen molar-refractivity contribution in [3.05, 3.63) is 41.5 Å². The number of imidazole rings is 1. The topological polar surface area (TPSA) is 27.1 Å². The van der Waals surface area contributed by atoms with E-state index in [4.69, 9.17) is 9.72 Å². The molecular weight excluding hydrogens is 304 g/mol. The molecule has 0 atom stereocenters. The highest BCUT2D eigenvalue weighted by molar-refractivity contribution is 7.80. The van der Waals surface area contributed by atoms with Crippen LogP contribution in [0.1, 0.15) is 24.0 Å². The van der Waals surface area contributed by atoms with Crippen LogP contribution in [0.25, 0.3) is 22.4 Å². The summed E-state index contributed by atoms with van der Waals surface area (Å²) in [6, 6.07) is 10.6. The zero-order valence-electron chi connectivity index (χ0n) is 13.5. The lowest BCUT2D eigenvalue weighted by molar-refractivity contribution is 0.299. The van der Waals surface area contributed by atoms with Gasteiger partial charge in [-0.2, -0.15) is 0 Å². The second-order valence-electron chi connectivity index (χ2n) is 6.27. The van der Waals surface area contributed by atoms with Gasteiger partial charge in [-0.1, -0.05) is 6.07 Å². The Labute approximate surface area is 141 Å². The molecule has 4 rings (SSSR count). The molecule has 0 aliphatic carbocycles. The molecule has 0 fully saturated rings. The summed E-state index contributed by atoms with van der Waals surface area (Å²) >= 11 is 4.48. The van der Waals surface area contributed by atoms with Crippen LogP contribution < -0.4 is 4.74 Å². The fraction of sp³-hybridized carbons (Fsp3) is 0.316. The molecule has 0 amide bonds. The van der Waals surface area contributed by atoms with Crippen LogP contribution in [0.2, 0.25) is 0 Å². The minimum atomic E-state index is 0.784. The molecule has 4 heteroatoms. The predicted molar refractivity (Wildman–Crippen MR) is 96.6 cm³/mol. The summed E-state index contributed by atoms with van der Waals surface area (Å²) < 4.78 is 8.32. The predicted octanol–water partition coefficient (Wildman–Crippen LogP) is 4.78. The molecule has 118 valence electrons. The van der Waals surface area contributed by atoms with Crippen molar-refractivity contribution in [2.45, 2.75) is 38.1 Å². The van der Waals surface area contributed by atoms with Gasteiger partial charge in [0.2, 0.25) is 0 Å². The first kappa shape index (κ1) is 14.6. The zero-order chi connectivity index (χ0) is 16.0. The Kier molecular flexibility index (Phi) is 3.57. The Morgan fingerprint density at radius 3 is 2.83 bits per heavy atom. The molecule has 0 N–H and O–H groups in total. The minimum absolute atomic E-state index is 0.784. The lowest BCUT2D eigenvalue weighted by atomic mass is 10.1. The quantitative estimate of drug-likeness (QED) is 0.652. The molecule has 0 spiro atoms. The largest absolute Gasteiger partial charge is 0.491 e. The molecule has 1 aromatic heterocycles. The summed E-state index contributed by atoms with van der Waals surface area (Å²) in [5.41, 5.74) is 5.64. The number of rotatable bonds is 1. The third-order valence-electron chi connectivity index (χ3n) is 4.44. The van der Waals surface area contributed by atoms with Crippen LogP contribution in [0.15, 0.2) is 35.2 Å². The Hall–Kier alpha value is -1.94. The first-order chi connectivity index (χ1) is 11.1. The molecule has 0 saturated heterocycles. The highest BCUT2D eigenvalue weighted by Crippen LogP contribution is 2.34. The first-order valence-corrected chi connectivity index (χ1v) is 8.52. The lowest BCUT2D eigenvalue weighted by Crippen LogP contribution is -2.09. The Balaban J connectivity index is 2.00. The van der Waals surface area contributed by atoms with Gasteiger partial charge in [0, 0.05) is 17.0 Å². The van der Waals surface area contributed by atoms with E-state index in [9.17, 15) is 0 Å². The lowest BCUT2D eigenvalue weighted by Gasteiger charge is -2.16. The molecule has 1 aliphatic rings. The number of ether oxygens (including phenoxy) is 1. The average Bonchev–Trinajstić information content (AvgIpc) is 2.85. The molecule has 2 aromatic carbocycles. The number of aromatic nitrogens is 2. The van der Waals surface area contributed by atoms with E-state index in [0.29, 0.717) is 0 Å². The molecule has 0 unspecified atom stereocenters. The fourth-order valence-electron chi connectivity index (χ4n) is 3.26. The van der Waals surface area contributed by atoms with Crippen LogP contribution in [0.5, 0.6) is 5.75 Å². The van der Waals surface area contributed by atoms with Gasteiger partial charge in [0.25, 0.3) is 0 Å². The van der Waals surface area contributed by atoms with Gasteiger partial charge in [-0.15, -0.1) is 12.6 Å². The summed E-state index contributed by atoms with van der Waals surface area (Å²) in [7, 11) is 0. The van der Waals surface area contributed by atoms with Gasteiger partial charge in [0.1, 0.15) is 17.1 Å². The van der Waals surface area contributed by atoms with Crippen molar-refractivity contribution in [2.75, 3.05) is 6.61 Å². The van der Waals surface area contributed by atoms with Crippen LogP contribution in [0.4, 0.5) is 0 Å². The van der Waals surface area contributed by atoms with Gasteiger partial charge in [0.15, 0.2) is 0 Å². The van der Waals surface area contributed by atoms with E-state index in [1.165, 1.54) is 11.1 Å². The first-order valence-electron chi connectivity index (χ1n) is 8.07. The minimum Gasteiger partial charge on any atom is -0.491 e. The summed E-state index contributed by atoms with van der Waals surface area (Å²) in [4.78, 5) is 5.94. The van der Waals surface area contributed by atoms with Gasteiger partial charge in [-0.05, 0) is 62.1 Å². The number of nitrogens with zero attached hydrogens (tertiary/aromatic N) is 2. The van der Waals surface area contributed by atoms with Crippen LogP contribution in [-0.4, -0.2) is 16.2 Å². The van der Waals surface area contributed by atoms with E-state index in [0.717, 1.165) is 59.1 Å². The Bertz CT molecular complexity index is 898. The van der Waals surface area contributed by atoms with E-state index in [1.54, 1.807) is 0 Å².